The second kappa shape index (κ2) is 17.1. The van der Waals surface area contributed by atoms with E-state index in [2.05, 4.69) is 55.6 Å². The maximum atomic E-state index is 13.9. The highest BCUT2D eigenvalue weighted by molar-refractivity contribution is 7.27. The number of H-pyrrole nitrogens is 2. The number of rotatable bonds is 11. The molecule has 2 fully saturated rings. The quantitative estimate of drug-likeness (QED) is 0.101. The Morgan fingerprint density at radius 2 is 1.25 bits per heavy atom. The van der Waals surface area contributed by atoms with E-state index in [9.17, 15) is 19.2 Å². The summed E-state index contributed by atoms with van der Waals surface area (Å²) in [5.41, 5.74) is 6.72. The van der Waals surface area contributed by atoms with E-state index < -0.39 is 24.3 Å². The molecule has 6 aromatic rings. The van der Waals surface area contributed by atoms with Gasteiger partial charge in [0.2, 0.25) is 5.91 Å². The van der Waals surface area contributed by atoms with E-state index in [1.165, 1.54) is 18.9 Å². The molecule has 2 aromatic carbocycles. The Morgan fingerprint density at radius 1 is 0.712 bits per heavy atom. The van der Waals surface area contributed by atoms with E-state index >= 15 is 0 Å². The second-order valence-corrected chi connectivity index (χ2v) is 16.9. The fourth-order valence-corrected chi connectivity index (χ4v) is 10.6. The molecule has 2 aliphatic heterocycles. The van der Waals surface area contributed by atoms with Gasteiger partial charge in [0, 0.05) is 35.0 Å². The van der Waals surface area contributed by atoms with Crippen LogP contribution in [-0.4, -0.2) is 87.1 Å². The summed E-state index contributed by atoms with van der Waals surface area (Å²) in [5, 5.41) is 9.77. The maximum absolute atomic E-state index is 13.9. The highest BCUT2D eigenvalue weighted by Gasteiger charge is 2.39. The lowest BCUT2D eigenvalue weighted by molar-refractivity contribution is -0.135. The average Bonchev–Trinajstić information content (AvgIpc) is 4.11. The van der Waals surface area contributed by atoms with E-state index in [0.717, 1.165) is 69.8 Å². The van der Waals surface area contributed by atoms with Crippen LogP contribution in [0.25, 0.3) is 43.0 Å². The van der Waals surface area contributed by atoms with Gasteiger partial charge in [-0.1, -0.05) is 68.4 Å². The summed E-state index contributed by atoms with van der Waals surface area (Å²) in [6.45, 7) is 4.96. The summed E-state index contributed by atoms with van der Waals surface area (Å²) in [4.78, 5) is 71.9. The number of aromatic amines is 2. The van der Waals surface area contributed by atoms with Crippen LogP contribution in [0.4, 0.5) is 9.59 Å². The predicted molar refractivity (Wildman–Crippen MR) is 227 cm³/mol. The molecule has 59 heavy (non-hydrogen) atoms. The molecular formula is C43H46N8O6S2. The number of nitrogens with one attached hydrogen (secondary N) is 4. The second-order valence-electron chi connectivity index (χ2n) is 15.1. The Kier molecular flexibility index (Phi) is 11.5. The standard InChI is InChI=1S/C43H46N8O6S2/c1-24(2)34(48-42(54)56-3)40(52)50-18-8-13-33(50)39-45-21-31(47-39)29-23-59-36-28(22-58-37(29)36)25-14-16-26(17-15-25)30-20-44-38(46-30)32-12-9-19-51(32)41(53)35(49-43(55)57-4)27-10-6-5-7-11-27/h5-7,10-11,14-17,20-24,32-35H,8-9,12-13,18-19H2,1-4H3,(H,44,46)(H,45,47)(H,48,54)(H,49,55)/t32-,33-,34-,35+/m0/s1. The molecule has 0 aliphatic carbocycles. The summed E-state index contributed by atoms with van der Waals surface area (Å²) in [5.74, 6) is 0.982. The summed E-state index contributed by atoms with van der Waals surface area (Å²) in [6, 6.07) is 15.5. The molecule has 4 atom stereocenters. The first-order chi connectivity index (χ1) is 28.6. The molecule has 0 bridgehead atoms. The van der Waals surface area contributed by atoms with Crippen LogP contribution in [0.1, 0.15) is 74.9 Å². The van der Waals surface area contributed by atoms with Crippen LogP contribution >= 0.6 is 22.7 Å². The lowest BCUT2D eigenvalue weighted by Gasteiger charge is -2.30. The smallest absolute Gasteiger partial charge is 0.407 e. The van der Waals surface area contributed by atoms with Gasteiger partial charge in [0.25, 0.3) is 5.91 Å². The number of nitrogens with zero attached hydrogens (tertiary/aromatic N) is 4. The molecule has 16 heteroatoms. The molecular weight excluding hydrogens is 789 g/mol. The van der Waals surface area contributed by atoms with Crippen LogP contribution in [-0.2, 0) is 19.1 Å². The fourth-order valence-electron chi connectivity index (χ4n) is 8.11. The van der Waals surface area contributed by atoms with Gasteiger partial charge in [-0.2, -0.15) is 0 Å². The number of ether oxygens (including phenoxy) is 2. The molecule has 4 amide bonds. The number of hydrogen-bond donors (Lipinski definition) is 4. The Hall–Kier alpha value is -6.00. The van der Waals surface area contributed by atoms with Gasteiger partial charge in [-0.3, -0.25) is 9.59 Å². The minimum atomic E-state index is -0.881. The first-order valence-corrected chi connectivity index (χ1v) is 21.5. The lowest BCUT2D eigenvalue weighted by Crippen LogP contribution is -2.51. The van der Waals surface area contributed by atoms with Crippen LogP contribution in [0.5, 0.6) is 0 Å². The fraction of sp³-hybridized carbons (Fsp3) is 0.349. The zero-order chi connectivity index (χ0) is 41.2. The van der Waals surface area contributed by atoms with Gasteiger partial charge in [0.1, 0.15) is 23.7 Å². The number of methoxy groups -OCH3 is 2. The van der Waals surface area contributed by atoms with E-state index in [4.69, 9.17) is 19.4 Å². The molecule has 0 spiro atoms. The molecule has 0 unspecified atom stereocenters. The minimum Gasteiger partial charge on any atom is -0.453 e. The largest absolute Gasteiger partial charge is 0.453 e. The van der Waals surface area contributed by atoms with E-state index in [1.54, 1.807) is 27.6 Å². The molecule has 4 aromatic heterocycles. The number of carbonyl (C=O) groups is 4. The van der Waals surface area contributed by atoms with E-state index in [0.29, 0.717) is 24.5 Å². The number of benzene rings is 2. The summed E-state index contributed by atoms with van der Waals surface area (Å²) in [6.07, 6.45) is 5.56. The number of likely N-dealkylation sites (tertiary alicyclic amines) is 2. The lowest BCUT2D eigenvalue weighted by atomic mass is 10.0. The number of fused-ring (bicyclic) bond motifs is 1. The topological polar surface area (TPSA) is 175 Å². The molecule has 306 valence electrons. The molecule has 14 nitrogen and oxygen atoms in total. The van der Waals surface area contributed by atoms with E-state index in [-0.39, 0.29) is 29.8 Å². The van der Waals surface area contributed by atoms with Gasteiger partial charge in [-0.05, 0) is 48.3 Å². The summed E-state index contributed by atoms with van der Waals surface area (Å²) >= 11 is 3.38. The highest BCUT2D eigenvalue weighted by atomic mass is 32.1. The Bertz CT molecular complexity index is 2460. The maximum Gasteiger partial charge on any atom is 0.407 e. The van der Waals surface area contributed by atoms with Crippen molar-refractivity contribution in [2.45, 2.75) is 63.7 Å². The average molecular weight is 835 g/mol. The number of carbonyl (C=O) groups excluding carboxylic acids is 4. The zero-order valence-electron chi connectivity index (χ0n) is 33.2. The molecule has 2 aliphatic rings. The number of aromatic nitrogens is 4. The van der Waals surface area contributed by atoms with Crippen molar-refractivity contribution in [2.24, 2.45) is 5.92 Å². The third-order valence-electron chi connectivity index (χ3n) is 11.2. The van der Waals surface area contributed by atoms with Crippen LogP contribution in [0.3, 0.4) is 0 Å². The van der Waals surface area contributed by atoms with Gasteiger partial charge in [-0.15, -0.1) is 22.7 Å². The van der Waals surface area contributed by atoms with Crippen molar-refractivity contribution >= 4 is 56.1 Å². The summed E-state index contributed by atoms with van der Waals surface area (Å²) < 4.78 is 12.0. The molecule has 0 saturated carbocycles. The van der Waals surface area contributed by atoms with Gasteiger partial charge >= 0.3 is 12.2 Å². The van der Waals surface area contributed by atoms with Crippen molar-refractivity contribution in [3.63, 3.8) is 0 Å². The Balaban J connectivity index is 0.966. The van der Waals surface area contributed by atoms with Gasteiger partial charge < -0.3 is 39.9 Å². The summed E-state index contributed by atoms with van der Waals surface area (Å²) in [7, 11) is 2.58. The van der Waals surface area contributed by atoms with Crippen molar-refractivity contribution in [1.82, 2.24) is 40.4 Å². The molecule has 2 saturated heterocycles. The zero-order valence-corrected chi connectivity index (χ0v) is 34.8. The molecule has 0 radical (unpaired) electrons. The van der Waals surface area contributed by atoms with Crippen LogP contribution in [0.15, 0.2) is 77.8 Å². The van der Waals surface area contributed by atoms with Crippen molar-refractivity contribution in [3.8, 4) is 33.6 Å². The van der Waals surface area contributed by atoms with Crippen molar-refractivity contribution in [3.05, 3.63) is 95.0 Å². The normalized spacial score (nSPS) is 17.6. The number of amides is 4. The predicted octanol–water partition coefficient (Wildman–Crippen LogP) is 8.21. The number of hydrogen-bond acceptors (Lipinski definition) is 10. The Labute approximate surface area is 349 Å². The third-order valence-corrected chi connectivity index (χ3v) is 13.4. The van der Waals surface area contributed by atoms with Crippen molar-refractivity contribution < 1.29 is 28.7 Å². The van der Waals surface area contributed by atoms with Crippen LogP contribution < -0.4 is 10.6 Å². The number of imidazole rings is 2. The monoisotopic (exact) mass is 834 g/mol. The van der Waals surface area contributed by atoms with Crippen molar-refractivity contribution in [1.29, 1.82) is 0 Å². The SMILES string of the molecule is COC(=O)N[C@H](C(=O)N1CCC[C@H]1c1ncc(-c2csc3c(-c4ccc(-c5cnc([C@@H]6CCCN6C(=O)[C@H](NC(=O)OC)c6ccccc6)[nH]5)cc4)csc23)[nH]1)C(C)C. The van der Waals surface area contributed by atoms with Gasteiger partial charge in [-0.25, -0.2) is 19.6 Å². The van der Waals surface area contributed by atoms with E-state index in [1.807, 2.05) is 61.5 Å². The molecule has 8 rings (SSSR count). The van der Waals surface area contributed by atoms with Crippen LogP contribution in [0.2, 0.25) is 0 Å². The first-order valence-electron chi connectivity index (χ1n) is 19.7. The molecule has 6 heterocycles. The van der Waals surface area contributed by atoms with Crippen molar-refractivity contribution in [2.75, 3.05) is 27.3 Å². The van der Waals surface area contributed by atoms with Gasteiger partial charge in [0.05, 0.1) is 59.5 Å². The third kappa shape index (κ3) is 7.93. The number of alkyl carbamates (subject to hydrolysis) is 2. The Morgan fingerprint density at radius 3 is 1.88 bits per heavy atom. The highest BCUT2D eigenvalue weighted by Crippen LogP contribution is 2.44. The number of thiophene rings is 2. The van der Waals surface area contributed by atoms with Gasteiger partial charge in [0.15, 0.2) is 0 Å². The first kappa shape index (κ1) is 39.8. The van der Waals surface area contributed by atoms with Crippen LogP contribution in [0, 0.1) is 5.92 Å². The molecule has 4 N–H and O–H groups in total. The minimum absolute atomic E-state index is 0.109.